The molecule has 1 aliphatic rings. The summed E-state index contributed by atoms with van der Waals surface area (Å²) in [5.41, 5.74) is 0.945. The molecule has 30 heavy (non-hydrogen) atoms. The molecule has 0 radical (unpaired) electrons. The predicted molar refractivity (Wildman–Crippen MR) is 114 cm³/mol. The van der Waals surface area contributed by atoms with Crippen molar-refractivity contribution in [1.29, 1.82) is 0 Å². The van der Waals surface area contributed by atoms with E-state index in [1.165, 1.54) is 0 Å². The zero-order chi connectivity index (χ0) is 21.7. The van der Waals surface area contributed by atoms with Gasteiger partial charge >= 0.3 is 6.09 Å². The fourth-order valence-electron chi connectivity index (χ4n) is 3.26. The third-order valence-electron chi connectivity index (χ3n) is 4.73. The number of aliphatic hydroxyl groups is 1. The second-order valence-electron chi connectivity index (χ2n) is 8.39. The minimum Gasteiger partial charge on any atom is -0.444 e. The van der Waals surface area contributed by atoms with E-state index in [0.717, 1.165) is 18.4 Å². The van der Waals surface area contributed by atoms with Crippen molar-refractivity contribution in [1.82, 2.24) is 14.9 Å². The Morgan fingerprint density at radius 2 is 2.03 bits per heavy atom. The van der Waals surface area contributed by atoms with E-state index in [1.807, 2.05) is 20.8 Å². The highest BCUT2D eigenvalue weighted by Gasteiger charge is 2.32. The molecular formula is C22H30N4O4. The van der Waals surface area contributed by atoms with Crippen molar-refractivity contribution in [3.05, 3.63) is 41.9 Å². The summed E-state index contributed by atoms with van der Waals surface area (Å²) in [6.45, 7) is 8.62. The van der Waals surface area contributed by atoms with Gasteiger partial charge in [0.2, 0.25) is 5.88 Å². The lowest BCUT2D eigenvalue weighted by molar-refractivity contribution is 0.0235. The van der Waals surface area contributed by atoms with Gasteiger partial charge in [0.15, 0.2) is 0 Å². The topological polar surface area (TPSA) is 96.8 Å². The number of aryl methyl sites for hydroxylation is 1. The van der Waals surface area contributed by atoms with Crippen LogP contribution < -0.4 is 10.1 Å². The number of amides is 1. The molecule has 0 spiro atoms. The molecule has 3 rings (SSSR count). The summed E-state index contributed by atoms with van der Waals surface area (Å²) in [5.74, 6) is 1.63. The highest BCUT2D eigenvalue weighted by atomic mass is 16.6. The first-order valence-corrected chi connectivity index (χ1v) is 10.2. The van der Waals surface area contributed by atoms with Gasteiger partial charge in [-0.15, -0.1) is 0 Å². The number of aliphatic hydroxyl groups excluding tert-OH is 1. The van der Waals surface area contributed by atoms with Crippen LogP contribution in [-0.2, 0) is 11.3 Å². The number of nitrogens with one attached hydrogen (secondary N) is 1. The molecule has 1 aromatic carbocycles. The number of carbonyl (C=O) groups is 1. The van der Waals surface area contributed by atoms with Crippen LogP contribution >= 0.6 is 0 Å². The first kappa shape index (κ1) is 21.8. The van der Waals surface area contributed by atoms with E-state index >= 15 is 0 Å². The van der Waals surface area contributed by atoms with E-state index in [1.54, 1.807) is 42.3 Å². The Morgan fingerprint density at radius 1 is 1.30 bits per heavy atom. The predicted octanol–water partition coefficient (Wildman–Crippen LogP) is 3.88. The normalized spacial score (nSPS) is 16.4. The minimum atomic E-state index is -0.519. The van der Waals surface area contributed by atoms with Gasteiger partial charge in [0.05, 0.1) is 18.8 Å². The van der Waals surface area contributed by atoms with Crippen LogP contribution in [0.25, 0.3) is 0 Å². The Morgan fingerprint density at radius 3 is 2.70 bits per heavy atom. The Hall–Kier alpha value is -2.87. The number of ether oxygens (including phenoxy) is 2. The standard InChI is InChI=1S/C22H30N4O4/c1-15-23-13-19(20(25-15)29-18-9-7-16(14-27)8-10-18)24-12-17-6-5-11-26(17)21(28)30-22(2,3)4/h7-10,13,17,24,27H,5-6,11-12,14H2,1-4H3/t17-/m0/s1. The Bertz CT molecular complexity index is 864. The summed E-state index contributed by atoms with van der Waals surface area (Å²) in [4.78, 5) is 22.9. The van der Waals surface area contributed by atoms with Gasteiger partial charge in [-0.25, -0.2) is 9.78 Å². The smallest absolute Gasteiger partial charge is 0.410 e. The van der Waals surface area contributed by atoms with Crippen molar-refractivity contribution in [3.63, 3.8) is 0 Å². The molecule has 8 nitrogen and oxygen atoms in total. The van der Waals surface area contributed by atoms with Gasteiger partial charge in [-0.05, 0) is 58.2 Å². The van der Waals surface area contributed by atoms with Gasteiger partial charge < -0.3 is 24.8 Å². The number of rotatable bonds is 6. The largest absolute Gasteiger partial charge is 0.444 e. The Labute approximate surface area is 177 Å². The van der Waals surface area contributed by atoms with Crippen molar-refractivity contribution in [2.75, 3.05) is 18.4 Å². The molecule has 0 unspecified atom stereocenters. The van der Waals surface area contributed by atoms with Gasteiger partial charge in [0.25, 0.3) is 0 Å². The second kappa shape index (κ2) is 9.30. The average Bonchev–Trinajstić information content (AvgIpc) is 3.15. The van der Waals surface area contributed by atoms with Crippen LogP contribution in [0.3, 0.4) is 0 Å². The molecule has 2 N–H and O–H groups in total. The molecule has 1 saturated heterocycles. The number of aromatic nitrogens is 2. The summed E-state index contributed by atoms with van der Waals surface area (Å²) in [6.07, 6.45) is 3.24. The number of likely N-dealkylation sites (tertiary alicyclic amines) is 1. The lowest BCUT2D eigenvalue weighted by Gasteiger charge is -2.29. The lowest BCUT2D eigenvalue weighted by Crippen LogP contribution is -2.42. The van der Waals surface area contributed by atoms with Crippen LogP contribution in [0.5, 0.6) is 11.6 Å². The molecule has 0 saturated carbocycles. The van der Waals surface area contributed by atoms with Crippen LogP contribution in [0.15, 0.2) is 30.5 Å². The quantitative estimate of drug-likeness (QED) is 0.740. The van der Waals surface area contributed by atoms with Gasteiger partial charge in [-0.1, -0.05) is 12.1 Å². The van der Waals surface area contributed by atoms with E-state index in [2.05, 4.69) is 15.3 Å². The first-order chi connectivity index (χ1) is 14.2. The summed E-state index contributed by atoms with van der Waals surface area (Å²) < 4.78 is 11.5. The summed E-state index contributed by atoms with van der Waals surface area (Å²) in [7, 11) is 0. The molecular weight excluding hydrogens is 384 g/mol. The van der Waals surface area contributed by atoms with E-state index in [9.17, 15) is 9.90 Å². The highest BCUT2D eigenvalue weighted by Crippen LogP contribution is 2.28. The second-order valence-corrected chi connectivity index (χ2v) is 8.39. The summed E-state index contributed by atoms with van der Waals surface area (Å²) in [6, 6.07) is 7.20. The van der Waals surface area contributed by atoms with Crippen molar-refractivity contribution >= 4 is 11.8 Å². The molecule has 1 atom stereocenters. The minimum absolute atomic E-state index is 0.0186. The van der Waals surface area contributed by atoms with Gasteiger partial charge in [0, 0.05) is 13.1 Å². The molecule has 0 aliphatic carbocycles. The molecule has 1 aliphatic heterocycles. The summed E-state index contributed by atoms with van der Waals surface area (Å²) in [5, 5.41) is 12.5. The molecule has 0 bridgehead atoms. The molecule has 1 aromatic heterocycles. The number of nitrogens with zero attached hydrogens (tertiary/aromatic N) is 3. The third kappa shape index (κ3) is 5.82. The molecule has 1 fully saturated rings. The number of hydrogen-bond acceptors (Lipinski definition) is 7. The average molecular weight is 415 g/mol. The maximum Gasteiger partial charge on any atom is 0.410 e. The van der Waals surface area contributed by atoms with Crippen LogP contribution in [0.1, 0.15) is 45.0 Å². The molecule has 2 aromatic rings. The number of hydrogen-bond donors (Lipinski definition) is 2. The maximum atomic E-state index is 12.5. The SMILES string of the molecule is Cc1ncc(NC[C@@H]2CCCN2C(=O)OC(C)(C)C)c(Oc2ccc(CO)cc2)n1. The lowest BCUT2D eigenvalue weighted by atomic mass is 10.2. The van der Waals surface area contributed by atoms with Gasteiger partial charge in [-0.3, -0.25) is 0 Å². The number of carbonyl (C=O) groups excluding carboxylic acids is 1. The van der Waals surface area contributed by atoms with Crippen molar-refractivity contribution < 1.29 is 19.4 Å². The van der Waals surface area contributed by atoms with Crippen LogP contribution in [0.2, 0.25) is 0 Å². The van der Waals surface area contributed by atoms with Gasteiger partial charge in [0.1, 0.15) is 22.9 Å². The molecule has 1 amide bonds. The van der Waals surface area contributed by atoms with E-state index in [4.69, 9.17) is 9.47 Å². The monoisotopic (exact) mass is 414 g/mol. The Balaban J connectivity index is 1.68. The Kier molecular flexibility index (Phi) is 6.77. The van der Waals surface area contributed by atoms with Crippen LogP contribution in [-0.4, -0.2) is 50.8 Å². The zero-order valence-corrected chi connectivity index (χ0v) is 18.0. The van der Waals surface area contributed by atoms with E-state index < -0.39 is 5.60 Å². The third-order valence-corrected chi connectivity index (χ3v) is 4.73. The van der Waals surface area contributed by atoms with Gasteiger partial charge in [-0.2, -0.15) is 4.98 Å². The van der Waals surface area contributed by atoms with Crippen molar-refractivity contribution in [3.8, 4) is 11.6 Å². The van der Waals surface area contributed by atoms with Crippen molar-refractivity contribution in [2.45, 2.75) is 58.8 Å². The molecule has 2 heterocycles. The number of anilines is 1. The van der Waals surface area contributed by atoms with Crippen LogP contribution in [0, 0.1) is 6.92 Å². The maximum absolute atomic E-state index is 12.5. The number of benzene rings is 1. The van der Waals surface area contributed by atoms with E-state index in [-0.39, 0.29) is 18.7 Å². The fourth-order valence-corrected chi connectivity index (χ4v) is 3.26. The first-order valence-electron chi connectivity index (χ1n) is 10.2. The zero-order valence-electron chi connectivity index (χ0n) is 18.0. The highest BCUT2D eigenvalue weighted by molar-refractivity contribution is 5.69. The molecule has 162 valence electrons. The molecule has 8 heteroatoms. The fraction of sp³-hybridized carbons (Fsp3) is 0.500. The summed E-state index contributed by atoms with van der Waals surface area (Å²) >= 11 is 0. The van der Waals surface area contributed by atoms with Crippen molar-refractivity contribution in [2.24, 2.45) is 0 Å². The van der Waals surface area contributed by atoms with E-state index in [0.29, 0.717) is 36.2 Å². The van der Waals surface area contributed by atoms with Crippen LogP contribution in [0.4, 0.5) is 10.5 Å².